The fraction of sp³-hybridized carbons (Fsp3) is 0.222. The highest BCUT2D eigenvalue weighted by molar-refractivity contribution is 5.97. The lowest BCUT2D eigenvalue weighted by Crippen LogP contribution is -2.31. The summed E-state index contributed by atoms with van der Waals surface area (Å²) in [4.78, 5) is 24.5. The second kappa shape index (κ2) is 5.35. The number of anilines is 2. The predicted octanol–water partition coefficient (Wildman–Crippen LogP) is 2.08. The van der Waals surface area contributed by atoms with Crippen molar-refractivity contribution in [1.82, 2.24) is 4.98 Å². The zero-order valence-corrected chi connectivity index (χ0v) is 9.26. The van der Waals surface area contributed by atoms with Crippen molar-refractivity contribution < 1.29 is 35.9 Å². The normalized spacial score (nSPS) is 11.9. The van der Waals surface area contributed by atoms with Gasteiger partial charge in [0.1, 0.15) is 0 Å². The summed E-state index contributed by atoms with van der Waals surface area (Å²) in [6.45, 7) is 0. The Morgan fingerprint density at radius 2 is 1.20 bits per heavy atom. The minimum absolute atomic E-state index is 0.521. The van der Waals surface area contributed by atoms with E-state index in [1.165, 1.54) is 10.6 Å². The van der Waals surface area contributed by atoms with Crippen molar-refractivity contribution >= 4 is 23.2 Å². The molecule has 0 saturated heterocycles. The Kier molecular flexibility index (Phi) is 4.20. The van der Waals surface area contributed by atoms with Crippen LogP contribution < -0.4 is 10.6 Å². The maximum Gasteiger partial charge on any atom is 0.471 e. The van der Waals surface area contributed by atoms with E-state index in [9.17, 15) is 35.9 Å². The number of halogens is 6. The monoisotopic (exact) mass is 301 g/mol. The number of hydrogen-bond acceptors (Lipinski definition) is 3. The van der Waals surface area contributed by atoms with E-state index in [-0.39, 0.29) is 0 Å². The molecule has 0 aliphatic carbocycles. The topological polar surface area (TPSA) is 71.1 Å². The van der Waals surface area contributed by atoms with Crippen molar-refractivity contribution in [3.8, 4) is 0 Å². The number of aromatic nitrogens is 1. The van der Waals surface area contributed by atoms with E-state index in [0.29, 0.717) is 6.07 Å². The number of carbonyl (C=O) groups excluding carboxylic acids is 2. The molecule has 0 saturated carbocycles. The molecule has 0 unspecified atom stereocenters. The first-order valence-corrected chi connectivity index (χ1v) is 4.71. The van der Waals surface area contributed by atoms with Crippen LogP contribution in [0.2, 0.25) is 0 Å². The maximum atomic E-state index is 12.0. The van der Waals surface area contributed by atoms with E-state index in [1.807, 2.05) is 0 Å². The first-order chi connectivity index (χ1) is 9.00. The standard InChI is InChI=1S/C9H5F6N3O2/c10-8(11,12)6(19)17-4-1-5(3-16-2-4)18-7(20)9(13,14)15/h1-3H,(H,17,19)(H,18,20). The van der Waals surface area contributed by atoms with E-state index in [1.54, 1.807) is 0 Å². The molecule has 0 radical (unpaired) electrons. The smallest absolute Gasteiger partial charge is 0.317 e. The second-order valence-corrected chi connectivity index (χ2v) is 3.37. The van der Waals surface area contributed by atoms with Crippen molar-refractivity contribution in [3.05, 3.63) is 18.5 Å². The largest absolute Gasteiger partial charge is 0.471 e. The van der Waals surface area contributed by atoms with Crippen LogP contribution in [0.1, 0.15) is 0 Å². The summed E-state index contributed by atoms with van der Waals surface area (Å²) in [6, 6.07) is 0.695. The SMILES string of the molecule is O=C(Nc1cncc(NC(=O)C(F)(F)F)c1)C(F)(F)F. The average molecular weight is 301 g/mol. The van der Waals surface area contributed by atoms with Crippen molar-refractivity contribution in [2.75, 3.05) is 10.6 Å². The van der Waals surface area contributed by atoms with Crippen LogP contribution in [0, 0.1) is 0 Å². The number of nitrogens with zero attached hydrogens (tertiary/aromatic N) is 1. The van der Waals surface area contributed by atoms with Crippen LogP contribution in [0.15, 0.2) is 18.5 Å². The average Bonchev–Trinajstić information content (AvgIpc) is 2.26. The van der Waals surface area contributed by atoms with Crippen molar-refractivity contribution in [2.24, 2.45) is 0 Å². The summed E-state index contributed by atoms with van der Waals surface area (Å²) in [5.74, 6) is -4.64. The van der Waals surface area contributed by atoms with Gasteiger partial charge < -0.3 is 10.6 Å². The highest BCUT2D eigenvalue weighted by Gasteiger charge is 2.39. The van der Waals surface area contributed by atoms with Crippen molar-refractivity contribution in [3.63, 3.8) is 0 Å². The molecule has 110 valence electrons. The first-order valence-electron chi connectivity index (χ1n) is 4.71. The highest BCUT2D eigenvalue weighted by atomic mass is 19.4. The van der Waals surface area contributed by atoms with Gasteiger partial charge in [0.2, 0.25) is 0 Å². The summed E-state index contributed by atoms with van der Waals surface area (Å²) < 4.78 is 71.7. The van der Waals surface area contributed by atoms with Gasteiger partial charge in [0, 0.05) is 0 Å². The molecular formula is C9H5F6N3O2. The van der Waals surface area contributed by atoms with E-state index >= 15 is 0 Å². The van der Waals surface area contributed by atoms with Gasteiger partial charge in [0.05, 0.1) is 23.8 Å². The Morgan fingerprint density at radius 1 is 0.850 bits per heavy atom. The van der Waals surface area contributed by atoms with Gasteiger partial charge in [0.15, 0.2) is 0 Å². The zero-order valence-electron chi connectivity index (χ0n) is 9.26. The Balaban J connectivity index is 2.82. The highest BCUT2D eigenvalue weighted by Crippen LogP contribution is 2.21. The molecule has 2 amide bonds. The Labute approximate surface area is 107 Å². The van der Waals surface area contributed by atoms with Gasteiger partial charge in [-0.3, -0.25) is 14.6 Å². The molecule has 0 aliphatic heterocycles. The van der Waals surface area contributed by atoms with Gasteiger partial charge in [-0.1, -0.05) is 0 Å². The molecule has 0 fully saturated rings. The molecule has 20 heavy (non-hydrogen) atoms. The summed E-state index contributed by atoms with van der Waals surface area (Å²) in [6.07, 6.45) is -8.78. The third-order valence-electron chi connectivity index (χ3n) is 1.77. The zero-order chi connectivity index (χ0) is 15.6. The molecule has 1 heterocycles. The molecular weight excluding hydrogens is 296 g/mol. The quantitative estimate of drug-likeness (QED) is 0.822. The molecule has 1 aromatic heterocycles. The van der Waals surface area contributed by atoms with Crippen LogP contribution in [0.25, 0.3) is 0 Å². The van der Waals surface area contributed by atoms with Crippen molar-refractivity contribution in [1.29, 1.82) is 0 Å². The van der Waals surface area contributed by atoms with Gasteiger partial charge in [-0.15, -0.1) is 0 Å². The van der Waals surface area contributed by atoms with E-state index in [2.05, 4.69) is 4.98 Å². The number of carbonyl (C=O) groups is 2. The minimum atomic E-state index is -5.16. The maximum absolute atomic E-state index is 12.0. The third kappa shape index (κ3) is 4.40. The summed E-state index contributed by atoms with van der Waals surface area (Å²) in [7, 11) is 0. The second-order valence-electron chi connectivity index (χ2n) is 3.37. The Bertz CT molecular complexity index is 482. The van der Waals surface area contributed by atoms with Gasteiger partial charge in [0.25, 0.3) is 0 Å². The van der Waals surface area contributed by atoms with Gasteiger partial charge in [-0.25, -0.2) is 0 Å². The molecule has 11 heteroatoms. The van der Waals surface area contributed by atoms with Crippen LogP contribution in [0.3, 0.4) is 0 Å². The van der Waals surface area contributed by atoms with Crippen LogP contribution in [0.4, 0.5) is 37.7 Å². The van der Waals surface area contributed by atoms with E-state index in [4.69, 9.17) is 0 Å². The lowest BCUT2D eigenvalue weighted by molar-refractivity contribution is -0.167. The van der Waals surface area contributed by atoms with Crippen LogP contribution >= 0.6 is 0 Å². The van der Waals surface area contributed by atoms with Crippen molar-refractivity contribution in [2.45, 2.75) is 12.4 Å². The lowest BCUT2D eigenvalue weighted by Gasteiger charge is -2.10. The molecule has 5 nitrogen and oxygen atoms in total. The number of amides is 2. The first kappa shape index (κ1) is 15.7. The van der Waals surface area contributed by atoms with Gasteiger partial charge in [-0.2, -0.15) is 26.3 Å². The number of nitrogens with one attached hydrogen (secondary N) is 2. The van der Waals surface area contributed by atoms with Crippen LogP contribution in [-0.2, 0) is 9.59 Å². The number of pyridine rings is 1. The van der Waals surface area contributed by atoms with Gasteiger partial charge >= 0.3 is 24.2 Å². The Morgan fingerprint density at radius 3 is 1.50 bits per heavy atom. The van der Waals surface area contributed by atoms with E-state index < -0.39 is 35.5 Å². The fourth-order valence-electron chi connectivity index (χ4n) is 0.981. The number of hydrogen-bond donors (Lipinski definition) is 2. The molecule has 0 bridgehead atoms. The summed E-state index contributed by atoms with van der Waals surface area (Å²) in [5.41, 5.74) is -1.04. The predicted molar refractivity (Wildman–Crippen MR) is 53.6 cm³/mol. The fourth-order valence-corrected chi connectivity index (χ4v) is 0.981. The number of rotatable bonds is 2. The lowest BCUT2D eigenvalue weighted by atomic mass is 10.3. The molecule has 0 atom stereocenters. The number of alkyl halides is 6. The van der Waals surface area contributed by atoms with E-state index in [0.717, 1.165) is 12.4 Å². The molecule has 2 N–H and O–H groups in total. The Hall–Kier alpha value is -2.33. The third-order valence-corrected chi connectivity index (χ3v) is 1.77. The van der Waals surface area contributed by atoms with Crippen LogP contribution in [0.5, 0.6) is 0 Å². The summed E-state index contributed by atoms with van der Waals surface area (Å²) >= 11 is 0. The summed E-state index contributed by atoms with van der Waals surface area (Å²) in [5, 5.41) is 2.75. The molecule has 0 spiro atoms. The van der Waals surface area contributed by atoms with Gasteiger partial charge in [-0.05, 0) is 6.07 Å². The molecule has 0 aliphatic rings. The molecule has 0 aromatic carbocycles. The minimum Gasteiger partial charge on any atom is -0.317 e. The molecule has 1 aromatic rings. The molecule has 1 rings (SSSR count). The van der Waals surface area contributed by atoms with Crippen LogP contribution in [-0.4, -0.2) is 29.2 Å².